The summed E-state index contributed by atoms with van der Waals surface area (Å²) in [7, 11) is 0. The van der Waals surface area contributed by atoms with E-state index in [9.17, 15) is 4.39 Å². The van der Waals surface area contributed by atoms with E-state index in [4.69, 9.17) is 0 Å². The number of rotatable bonds is 2. The molecule has 1 aromatic rings. The topological polar surface area (TPSA) is 24.1 Å². The highest BCUT2D eigenvalue weighted by molar-refractivity contribution is 5.21. The van der Waals surface area contributed by atoms with Crippen LogP contribution in [0, 0.1) is 5.82 Å². The van der Waals surface area contributed by atoms with Crippen molar-refractivity contribution in [2.24, 2.45) is 0 Å². The van der Waals surface area contributed by atoms with Crippen molar-refractivity contribution in [2.45, 2.75) is 12.5 Å². The summed E-state index contributed by atoms with van der Waals surface area (Å²) in [4.78, 5) is 0. The van der Waals surface area contributed by atoms with E-state index in [0.29, 0.717) is 0 Å². The van der Waals surface area contributed by atoms with Crippen LogP contribution in [0.15, 0.2) is 36.5 Å². The smallest absolute Gasteiger partial charge is 0.123 e. The number of piperazine rings is 1. The molecule has 3 heteroatoms. The molecule has 0 spiro atoms. The summed E-state index contributed by atoms with van der Waals surface area (Å²) in [5.41, 5.74) is 1.99. The first-order valence-electron chi connectivity index (χ1n) is 5.16. The number of halogens is 1. The zero-order valence-electron chi connectivity index (χ0n) is 8.59. The molecule has 0 aliphatic carbocycles. The molecular weight excluding hydrogens is 191 g/mol. The highest BCUT2D eigenvalue weighted by Gasteiger charge is 2.16. The van der Waals surface area contributed by atoms with Gasteiger partial charge in [-0.15, -0.1) is 0 Å². The van der Waals surface area contributed by atoms with E-state index in [1.807, 2.05) is 6.07 Å². The minimum Gasteiger partial charge on any atom is -0.386 e. The van der Waals surface area contributed by atoms with Gasteiger partial charge in [0.2, 0.25) is 0 Å². The first-order chi connectivity index (χ1) is 7.25. The minimum absolute atomic E-state index is 0.179. The molecule has 0 amide bonds. The summed E-state index contributed by atoms with van der Waals surface area (Å²) >= 11 is 0. The van der Waals surface area contributed by atoms with Crippen LogP contribution in [-0.4, -0.2) is 19.1 Å². The Bertz CT molecular complexity index is 362. The summed E-state index contributed by atoms with van der Waals surface area (Å²) in [6.07, 6.45) is 0.781. The van der Waals surface area contributed by atoms with Crippen molar-refractivity contribution in [3.63, 3.8) is 0 Å². The maximum Gasteiger partial charge on any atom is 0.123 e. The monoisotopic (exact) mass is 206 g/mol. The highest BCUT2D eigenvalue weighted by Crippen LogP contribution is 2.10. The second-order valence-corrected chi connectivity index (χ2v) is 3.79. The maximum absolute atomic E-state index is 13.0. The van der Waals surface area contributed by atoms with Gasteiger partial charge >= 0.3 is 0 Å². The average Bonchev–Trinajstić information content (AvgIpc) is 2.22. The van der Waals surface area contributed by atoms with Crippen molar-refractivity contribution in [1.82, 2.24) is 10.6 Å². The van der Waals surface area contributed by atoms with Gasteiger partial charge in [-0.25, -0.2) is 4.39 Å². The Kier molecular flexibility index (Phi) is 3.02. The second kappa shape index (κ2) is 4.45. The zero-order valence-corrected chi connectivity index (χ0v) is 8.59. The molecule has 15 heavy (non-hydrogen) atoms. The molecule has 1 heterocycles. The summed E-state index contributed by atoms with van der Waals surface area (Å²) in [5.74, 6) is -0.179. The van der Waals surface area contributed by atoms with Crippen LogP contribution in [0.3, 0.4) is 0 Å². The van der Waals surface area contributed by atoms with Crippen LogP contribution in [0.25, 0.3) is 0 Å². The van der Waals surface area contributed by atoms with Gasteiger partial charge < -0.3 is 10.6 Å². The van der Waals surface area contributed by atoms with Gasteiger partial charge in [-0.05, 0) is 24.1 Å². The van der Waals surface area contributed by atoms with Crippen molar-refractivity contribution >= 4 is 0 Å². The molecule has 0 aromatic heterocycles. The van der Waals surface area contributed by atoms with Gasteiger partial charge in [0.1, 0.15) is 5.82 Å². The Hall–Kier alpha value is -1.35. The van der Waals surface area contributed by atoms with E-state index in [1.165, 1.54) is 6.07 Å². The van der Waals surface area contributed by atoms with Crippen LogP contribution in [0.5, 0.6) is 0 Å². The maximum atomic E-state index is 13.0. The van der Waals surface area contributed by atoms with E-state index < -0.39 is 0 Å². The van der Waals surface area contributed by atoms with Crippen LogP contribution in [0.1, 0.15) is 5.56 Å². The van der Waals surface area contributed by atoms with Gasteiger partial charge in [0.15, 0.2) is 0 Å². The van der Waals surface area contributed by atoms with Gasteiger partial charge in [-0.2, -0.15) is 0 Å². The Morgan fingerprint density at radius 2 is 2.27 bits per heavy atom. The lowest BCUT2D eigenvalue weighted by atomic mass is 10.0. The molecule has 1 atom stereocenters. The fourth-order valence-electron chi connectivity index (χ4n) is 1.81. The zero-order chi connectivity index (χ0) is 10.7. The standard InChI is InChI=1S/C12H15FN2/c1-9-12(15-6-5-14-9)8-10-3-2-4-11(13)7-10/h2-4,7,12,14-15H,1,5-6,8H2. The van der Waals surface area contributed by atoms with E-state index in [1.54, 1.807) is 12.1 Å². The predicted octanol–water partition coefficient (Wildman–Crippen LogP) is 1.44. The third-order valence-corrected chi connectivity index (χ3v) is 2.62. The van der Waals surface area contributed by atoms with Gasteiger partial charge in [-0.1, -0.05) is 18.7 Å². The predicted molar refractivity (Wildman–Crippen MR) is 59.0 cm³/mol. The Labute approximate surface area is 89.2 Å². The SMILES string of the molecule is C=C1NCCNC1Cc1cccc(F)c1. The average molecular weight is 206 g/mol. The normalized spacial score (nSPS) is 21.1. The van der Waals surface area contributed by atoms with Gasteiger partial charge in [-0.3, -0.25) is 0 Å². The molecule has 2 nitrogen and oxygen atoms in total. The molecule has 0 bridgehead atoms. The van der Waals surface area contributed by atoms with E-state index in [-0.39, 0.29) is 11.9 Å². The van der Waals surface area contributed by atoms with Gasteiger partial charge in [0.25, 0.3) is 0 Å². The van der Waals surface area contributed by atoms with Crippen molar-refractivity contribution in [2.75, 3.05) is 13.1 Å². The molecule has 0 saturated carbocycles. The van der Waals surface area contributed by atoms with Crippen molar-refractivity contribution in [3.05, 3.63) is 47.9 Å². The van der Waals surface area contributed by atoms with Crippen LogP contribution in [-0.2, 0) is 6.42 Å². The molecule has 0 radical (unpaired) electrons. The summed E-state index contributed by atoms with van der Waals surface area (Å²) in [6.45, 7) is 5.79. The minimum atomic E-state index is -0.179. The quantitative estimate of drug-likeness (QED) is 0.765. The van der Waals surface area contributed by atoms with Crippen molar-refractivity contribution in [1.29, 1.82) is 0 Å². The lowest BCUT2D eigenvalue weighted by Gasteiger charge is -2.27. The van der Waals surface area contributed by atoms with Crippen LogP contribution < -0.4 is 10.6 Å². The van der Waals surface area contributed by atoms with E-state index in [0.717, 1.165) is 30.8 Å². The fourth-order valence-corrected chi connectivity index (χ4v) is 1.81. The Balaban J connectivity index is 2.04. The fraction of sp³-hybridized carbons (Fsp3) is 0.333. The molecule has 80 valence electrons. The third-order valence-electron chi connectivity index (χ3n) is 2.62. The number of nitrogens with one attached hydrogen (secondary N) is 2. The Morgan fingerprint density at radius 1 is 1.40 bits per heavy atom. The molecule has 1 aliphatic rings. The molecule has 1 fully saturated rings. The molecule has 2 N–H and O–H groups in total. The lowest BCUT2D eigenvalue weighted by Crippen LogP contribution is -2.47. The summed E-state index contributed by atoms with van der Waals surface area (Å²) in [6, 6.07) is 6.92. The molecule has 2 rings (SSSR count). The lowest BCUT2D eigenvalue weighted by molar-refractivity contribution is 0.479. The molecule has 1 aliphatic heterocycles. The molecule has 1 aromatic carbocycles. The summed E-state index contributed by atoms with van der Waals surface area (Å²) < 4.78 is 13.0. The van der Waals surface area contributed by atoms with E-state index >= 15 is 0 Å². The molecule has 1 saturated heterocycles. The first-order valence-corrected chi connectivity index (χ1v) is 5.16. The molecular formula is C12H15FN2. The van der Waals surface area contributed by atoms with Crippen LogP contribution in [0.2, 0.25) is 0 Å². The summed E-state index contributed by atoms with van der Waals surface area (Å²) in [5, 5.41) is 6.57. The largest absolute Gasteiger partial charge is 0.386 e. The van der Waals surface area contributed by atoms with E-state index in [2.05, 4.69) is 17.2 Å². The molecule has 1 unspecified atom stereocenters. The number of hydrogen-bond donors (Lipinski definition) is 2. The Morgan fingerprint density at radius 3 is 3.00 bits per heavy atom. The van der Waals surface area contributed by atoms with Crippen molar-refractivity contribution in [3.8, 4) is 0 Å². The number of hydrogen-bond acceptors (Lipinski definition) is 2. The second-order valence-electron chi connectivity index (χ2n) is 3.79. The highest BCUT2D eigenvalue weighted by atomic mass is 19.1. The number of benzene rings is 1. The van der Waals surface area contributed by atoms with Crippen LogP contribution in [0.4, 0.5) is 4.39 Å². The van der Waals surface area contributed by atoms with Gasteiger partial charge in [0, 0.05) is 18.8 Å². The van der Waals surface area contributed by atoms with Crippen molar-refractivity contribution < 1.29 is 4.39 Å². The van der Waals surface area contributed by atoms with Gasteiger partial charge in [0.05, 0.1) is 6.04 Å². The first kappa shape index (κ1) is 10.2. The van der Waals surface area contributed by atoms with Crippen LogP contribution >= 0.6 is 0 Å². The third kappa shape index (κ3) is 2.57.